The van der Waals surface area contributed by atoms with Crippen LogP contribution in [0.5, 0.6) is 0 Å². The van der Waals surface area contributed by atoms with Gasteiger partial charge in [0, 0.05) is 24.2 Å². The molecule has 3 aliphatic carbocycles. The van der Waals surface area contributed by atoms with Crippen LogP contribution in [0.25, 0.3) is 0 Å². The Morgan fingerprint density at radius 3 is 2.69 bits per heavy atom. The SMILES string of the molecule is C=C1/C=C/C=C(/[C@H]2CC[C@@]3([C@H](CCC4(O)CCCC4)/C(=C(\C)C(=O)Cc4cccc5c4CC(=O)N[C@H]5N)CC[C@@]3(C)O)[C@@H]2O)COCC#CC/C(C)=C\CC1. The van der Waals surface area contributed by atoms with Crippen LogP contribution in [0.1, 0.15) is 127 Å². The van der Waals surface area contributed by atoms with E-state index in [1.165, 1.54) is 5.57 Å². The van der Waals surface area contributed by atoms with Crippen LogP contribution in [0, 0.1) is 29.1 Å². The van der Waals surface area contributed by atoms with Crippen molar-refractivity contribution < 1.29 is 29.6 Å². The lowest BCUT2D eigenvalue weighted by molar-refractivity contribution is -0.169. The van der Waals surface area contributed by atoms with E-state index >= 15 is 0 Å². The molecular formula is C47H62N2O6. The highest BCUT2D eigenvalue weighted by molar-refractivity contribution is 5.97. The Morgan fingerprint density at radius 1 is 1.13 bits per heavy atom. The van der Waals surface area contributed by atoms with Gasteiger partial charge in [-0.25, -0.2) is 0 Å². The molecule has 3 fully saturated rings. The molecule has 0 unspecified atom stereocenters. The van der Waals surface area contributed by atoms with Crippen LogP contribution >= 0.6 is 0 Å². The normalized spacial score (nSPS) is 34.8. The molecule has 1 aromatic carbocycles. The van der Waals surface area contributed by atoms with E-state index in [9.17, 15) is 24.9 Å². The third-order valence-electron chi connectivity index (χ3n) is 13.7. The second kappa shape index (κ2) is 17.3. The smallest absolute Gasteiger partial charge is 0.225 e. The number of amides is 1. The number of ether oxygens (including phenoxy) is 1. The number of fused-ring (bicyclic) bond motifs is 1. The molecular weight excluding hydrogens is 689 g/mol. The maximum atomic E-state index is 14.4. The number of carbonyl (C=O) groups is 2. The quantitative estimate of drug-likeness (QED) is 0.116. The van der Waals surface area contributed by atoms with E-state index in [4.69, 9.17) is 10.5 Å². The van der Waals surface area contributed by atoms with Gasteiger partial charge in [0.25, 0.3) is 0 Å². The van der Waals surface area contributed by atoms with Gasteiger partial charge in [0.05, 0.1) is 30.3 Å². The minimum atomic E-state index is -1.22. The molecule has 6 N–H and O–H groups in total. The average molecular weight is 751 g/mol. The first kappa shape index (κ1) is 41.1. The molecule has 5 aliphatic rings. The summed E-state index contributed by atoms with van der Waals surface area (Å²) in [6, 6.07) is 5.69. The van der Waals surface area contributed by atoms with Gasteiger partial charge in [-0.3, -0.25) is 9.59 Å². The van der Waals surface area contributed by atoms with E-state index < -0.39 is 28.9 Å². The van der Waals surface area contributed by atoms with Crippen LogP contribution in [0.15, 0.2) is 76.9 Å². The van der Waals surface area contributed by atoms with E-state index in [1.807, 2.05) is 50.3 Å². The van der Waals surface area contributed by atoms with Crippen molar-refractivity contribution in [2.45, 2.75) is 141 Å². The fourth-order valence-electron chi connectivity index (χ4n) is 10.5. The molecule has 296 valence electrons. The summed E-state index contributed by atoms with van der Waals surface area (Å²) in [5, 5.41) is 39.7. The zero-order chi connectivity index (χ0) is 39.4. The largest absolute Gasteiger partial charge is 0.392 e. The molecule has 0 saturated heterocycles. The van der Waals surface area contributed by atoms with Gasteiger partial charge < -0.3 is 31.1 Å². The number of Topliss-reactive ketones (excluding diaryl/α,β-unsaturated/α-hetero) is 1. The van der Waals surface area contributed by atoms with E-state index in [2.05, 4.69) is 36.7 Å². The minimum Gasteiger partial charge on any atom is -0.392 e. The van der Waals surface area contributed by atoms with E-state index in [0.717, 1.165) is 71.9 Å². The summed E-state index contributed by atoms with van der Waals surface area (Å²) in [4.78, 5) is 26.8. The van der Waals surface area contributed by atoms with Crippen molar-refractivity contribution in [1.29, 1.82) is 0 Å². The predicted octanol–water partition coefficient (Wildman–Crippen LogP) is 6.94. The van der Waals surface area contributed by atoms with Crippen LogP contribution in [-0.2, 0) is 27.2 Å². The molecule has 1 amide bonds. The number of hydrogen-bond acceptors (Lipinski definition) is 7. The summed E-state index contributed by atoms with van der Waals surface area (Å²) >= 11 is 0. The molecule has 8 heteroatoms. The third-order valence-corrected chi connectivity index (χ3v) is 13.7. The Hall–Kier alpha value is -3.58. The van der Waals surface area contributed by atoms with Crippen molar-refractivity contribution in [3.63, 3.8) is 0 Å². The van der Waals surface area contributed by atoms with Crippen LogP contribution in [0.3, 0.4) is 0 Å². The fraction of sp³-hybridized carbons (Fsp3) is 0.574. The lowest BCUT2D eigenvalue weighted by Crippen LogP contribution is -2.59. The number of nitrogens with two attached hydrogens (primary N) is 1. The monoisotopic (exact) mass is 750 g/mol. The van der Waals surface area contributed by atoms with Gasteiger partial charge in [-0.2, -0.15) is 0 Å². The van der Waals surface area contributed by atoms with Crippen molar-refractivity contribution in [2.75, 3.05) is 13.2 Å². The molecule has 6 atom stereocenters. The Balaban J connectivity index is 1.35. The highest BCUT2D eigenvalue weighted by Gasteiger charge is 2.64. The first-order valence-electron chi connectivity index (χ1n) is 20.5. The number of carbonyl (C=O) groups excluding carboxylic acids is 2. The molecule has 0 bridgehead atoms. The van der Waals surface area contributed by atoms with Crippen molar-refractivity contribution in [3.8, 4) is 11.8 Å². The van der Waals surface area contributed by atoms with Gasteiger partial charge in [0.2, 0.25) is 5.91 Å². The van der Waals surface area contributed by atoms with Gasteiger partial charge in [-0.1, -0.05) is 90.5 Å². The lowest BCUT2D eigenvalue weighted by Gasteiger charge is -2.56. The second-order valence-corrected chi connectivity index (χ2v) is 17.3. The second-order valence-electron chi connectivity index (χ2n) is 17.3. The first-order valence-corrected chi connectivity index (χ1v) is 20.5. The maximum absolute atomic E-state index is 14.4. The number of nitrogens with one attached hydrogen (secondary N) is 1. The van der Waals surface area contributed by atoms with E-state index in [0.29, 0.717) is 57.1 Å². The lowest BCUT2D eigenvalue weighted by atomic mass is 9.52. The van der Waals surface area contributed by atoms with Crippen LogP contribution in [-0.4, -0.2) is 57.5 Å². The predicted molar refractivity (Wildman–Crippen MR) is 216 cm³/mol. The standard InChI is InChI=1S/C47H62N2O6/c1-31-12-5-8-27-55-30-35(17-10-15-32(2)14-9-13-31)37-20-26-47(43(37)52)40(21-25-46(54)22-6-7-23-46)36(19-24-45(47,4)53)33(3)41(50)28-34-16-11-18-38-39(34)29-42(51)49-44(38)48/h10-11,13,15-18,37,40,43-44,52-54H,2,6-7,9,12,14,19-30,48H2,1,3-4H3,(H,49,51)/b15-10+,31-13-,35-17+,36-33+/t37-,40-,43-,44-,45-,47-/m1/s1. The molecule has 55 heavy (non-hydrogen) atoms. The van der Waals surface area contributed by atoms with Gasteiger partial charge in [0.15, 0.2) is 5.78 Å². The summed E-state index contributed by atoms with van der Waals surface area (Å²) in [5.41, 5.74) is 10.5. The zero-order valence-electron chi connectivity index (χ0n) is 33.2. The van der Waals surface area contributed by atoms with Crippen LogP contribution in [0.4, 0.5) is 0 Å². The van der Waals surface area contributed by atoms with Crippen molar-refractivity contribution in [2.24, 2.45) is 23.0 Å². The molecule has 2 heterocycles. The molecule has 6 rings (SSSR count). The number of aliphatic hydroxyl groups is 3. The van der Waals surface area contributed by atoms with Gasteiger partial charge in [-0.05, 0) is 119 Å². The van der Waals surface area contributed by atoms with Crippen LogP contribution in [0.2, 0.25) is 0 Å². The van der Waals surface area contributed by atoms with Crippen molar-refractivity contribution in [3.05, 3.63) is 93.6 Å². The number of benzene rings is 1. The van der Waals surface area contributed by atoms with E-state index in [1.54, 1.807) is 0 Å². The molecule has 8 nitrogen and oxygen atoms in total. The summed E-state index contributed by atoms with van der Waals surface area (Å²) in [6.07, 6.45) is 16.2. The first-order chi connectivity index (χ1) is 26.2. The molecule has 0 aromatic heterocycles. The zero-order valence-corrected chi connectivity index (χ0v) is 33.2. The van der Waals surface area contributed by atoms with Gasteiger partial charge >= 0.3 is 0 Å². The average Bonchev–Trinajstić information content (AvgIpc) is 3.73. The Bertz CT molecular complexity index is 1830. The topological polar surface area (TPSA) is 142 Å². The number of aliphatic hydroxyl groups excluding tert-OH is 1. The molecule has 0 radical (unpaired) electrons. The fourth-order valence-corrected chi connectivity index (χ4v) is 10.5. The highest BCUT2D eigenvalue weighted by Crippen LogP contribution is 2.63. The Kier molecular flexibility index (Phi) is 12.9. The number of hydrogen-bond donors (Lipinski definition) is 5. The minimum absolute atomic E-state index is 0.0388. The molecule has 2 aliphatic heterocycles. The van der Waals surface area contributed by atoms with Gasteiger partial charge in [-0.15, -0.1) is 0 Å². The summed E-state index contributed by atoms with van der Waals surface area (Å²) in [5.74, 6) is 5.55. The maximum Gasteiger partial charge on any atom is 0.225 e. The number of allylic oxidation sites excluding steroid dienone is 8. The highest BCUT2D eigenvalue weighted by atomic mass is 16.5. The Labute approximate surface area is 328 Å². The number of ketones is 1. The van der Waals surface area contributed by atoms with Crippen molar-refractivity contribution in [1.82, 2.24) is 5.32 Å². The molecule has 1 aromatic rings. The third kappa shape index (κ3) is 8.87. The summed E-state index contributed by atoms with van der Waals surface area (Å²) in [6.45, 7) is 10.7. The molecule has 1 spiro atoms. The summed E-state index contributed by atoms with van der Waals surface area (Å²) < 4.78 is 6.12. The summed E-state index contributed by atoms with van der Waals surface area (Å²) in [7, 11) is 0. The van der Waals surface area contributed by atoms with Gasteiger partial charge in [0.1, 0.15) is 12.8 Å². The van der Waals surface area contributed by atoms with Crippen LogP contribution < -0.4 is 11.1 Å². The van der Waals surface area contributed by atoms with Crippen molar-refractivity contribution >= 4 is 11.7 Å². The number of rotatable bonds is 7. The molecule has 3 saturated carbocycles. The van der Waals surface area contributed by atoms with E-state index in [-0.39, 0.29) is 43.0 Å². The Morgan fingerprint density at radius 2 is 1.91 bits per heavy atom.